The van der Waals surface area contributed by atoms with Gasteiger partial charge in [0.15, 0.2) is 11.5 Å². The number of ether oxygens (including phenoxy) is 2. The normalized spacial score (nSPS) is 15.8. The number of nitrogens with zero attached hydrogens (tertiary/aromatic N) is 1. The van der Waals surface area contributed by atoms with Gasteiger partial charge in [-0.3, -0.25) is 9.59 Å². The first kappa shape index (κ1) is 19.3. The zero-order chi connectivity index (χ0) is 20.2. The molecule has 1 N–H and O–H groups in total. The van der Waals surface area contributed by atoms with E-state index in [0.717, 1.165) is 29.8 Å². The minimum absolute atomic E-state index is 0.162. The second-order valence-electron chi connectivity index (χ2n) is 6.89. The van der Waals surface area contributed by atoms with Crippen molar-refractivity contribution in [3.63, 3.8) is 0 Å². The first-order valence-corrected chi connectivity index (χ1v) is 9.92. The standard InChI is InChI=1S/C22H21ClN2O4/c23-18-12-16(13-19-22(18)29-11-10-28-19)5-8-20(26)24-14-15-3-6-17(7-4-15)25-9-1-2-21(25)27/h3-8,12-13H,1-2,9-11,14H2,(H,24,26)/b8-5+. The van der Waals surface area contributed by atoms with Gasteiger partial charge >= 0.3 is 0 Å². The van der Waals surface area contributed by atoms with Crippen molar-refractivity contribution in [1.82, 2.24) is 5.32 Å². The Kier molecular flexibility index (Phi) is 5.71. The Morgan fingerprint density at radius 1 is 1.17 bits per heavy atom. The number of carbonyl (C=O) groups is 2. The molecule has 2 aromatic carbocycles. The molecular weight excluding hydrogens is 392 g/mol. The van der Waals surface area contributed by atoms with Gasteiger partial charge in [0, 0.05) is 31.3 Å². The number of benzene rings is 2. The molecule has 29 heavy (non-hydrogen) atoms. The molecule has 2 aliphatic rings. The van der Waals surface area contributed by atoms with Crippen molar-refractivity contribution in [1.29, 1.82) is 0 Å². The molecule has 7 heteroatoms. The Bertz CT molecular complexity index is 956. The van der Waals surface area contributed by atoms with Gasteiger partial charge in [-0.2, -0.15) is 0 Å². The molecule has 0 aliphatic carbocycles. The van der Waals surface area contributed by atoms with Crippen molar-refractivity contribution in [3.8, 4) is 11.5 Å². The monoisotopic (exact) mass is 412 g/mol. The highest BCUT2D eigenvalue weighted by atomic mass is 35.5. The second-order valence-corrected chi connectivity index (χ2v) is 7.30. The summed E-state index contributed by atoms with van der Waals surface area (Å²) in [5, 5.41) is 3.31. The molecular formula is C22H21ClN2O4. The van der Waals surface area contributed by atoms with Crippen LogP contribution in [0, 0.1) is 0 Å². The van der Waals surface area contributed by atoms with E-state index in [2.05, 4.69) is 5.32 Å². The summed E-state index contributed by atoms with van der Waals surface area (Å²) in [5.41, 5.74) is 2.62. The van der Waals surface area contributed by atoms with Crippen LogP contribution in [-0.2, 0) is 16.1 Å². The van der Waals surface area contributed by atoms with Crippen LogP contribution >= 0.6 is 11.6 Å². The maximum atomic E-state index is 12.1. The number of hydrogen-bond acceptors (Lipinski definition) is 4. The molecule has 1 fully saturated rings. The lowest BCUT2D eigenvalue weighted by Crippen LogP contribution is -2.23. The Hall–Kier alpha value is -2.99. The van der Waals surface area contributed by atoms with Crippen molar-refractivity contribution >= 4 is 35.2 Å². The average molecular weight is 413 g/mol. The molecule has 0 bridgehead atoms. The van der Waals surface area contributed by atoms with Crippen molar-refractivity contribution in [3.05, 3.63) is 58.6 Å². The minimum atomic E-state index is -0.213. The molecule has 2 aromatic rings. The fourth-order valence-corrected chi connectivity index (χ4v) is 3.64. The third kappa shape index (κ3) is 4.54. The van der Waals surface area contributed by atoms with E-state index in [1.54, 1.807) is 23.1 Å². The zero-order valence-electron chi connectivity index (χ0n) is 15.8. The zero-order valence-corrected chi connectivity index (χ0v) is 16.6. The highest BCUT2D eigenvalue weighted by molar-refractivity contribution is 6.32. The number of amides is 2. The summed E-state index contributed by atoms with van der Waals surface area (Å²) < 4.78 is 11.0. The third-order valence-electron chi connectivity index (χ3n) is 4.83. The van der Waals surface area contributed by atoms with Crippen molar-refractivity contribution in [2.24, 2.45) is 0 Å². The van der Waals surface area contributed by atoms with E-state index in [9.17, 15) is 9.59 Å². The van der Waals surface area contributed by atoms with E-state index in [1.165, 1.54) is 6.08 Å². The highest BCUT2D eigenvalue weighted by Crippen LogP contribution is 2.38. The van der Waals surface area contributed by atoms with E-state index < -0.39 is 0 Å². The molecule has 6 nitrogen and oxygen atoms in total. The van der Waals surface area contributed by atoms with Crippen LogP contribution in [0.1, 0.15) is 24.0 Å². The number of nitrogens with one attached hydrogen (secondary N) is 1. The lowest BCUT2D eigenvalue weighted by atomic mass is 10.1. The lowest BCUT2D eigenvalue weighted by Gasteiger charge is -2.19. The summed E-state index contributed by atoms with van der Waals surface area (Å²) in [6.07, 6.45) is 4.65. The van der Waals surface area contributed by atoms with Gasteiger partial charge in [0.05, 0.1) is 5.02 Å². The van der Waals surface area contributed by atoms with Crippen molar-refractivity contribution < 1.29 is 19.1 Å². The van der Waals surface area contributed by atoms with Gasteiger partial charge in [0.2, 0.25) is 11.8 Å². The minimum Gasteiger partial charge on any atom is -0.486 e. The molecule has 0 radical (unpaired) electrons. The SMILES string of the molecule is O=C(/C=C/c1cc(Cl)c2c(c1)OCCO2)NCc1ccc(N2CCCC2=O)cc1. The second kappa shape index (κ2) is 8.57. The van der Waals surface area contributed by atoms with Gasteiger partial charge in [-0.25, -0.2) is 0 Å². The van der Waals surface area contributed by atoms with Crippen LogP contribution in [0.2, 0.25) is 5.02 Å². The van der Waals surface area contributed by atoms with E-state index in [0.29, 0.717) is 42.7 Å². The Labute approximate surface area is 174 Å². The summed E-state index contributed by atoms with van der Waals surface area (Å²) in [6, 6.07) is 11.2. The topological polar surface area (TPSA) is 67.9 Å². The Morgan fingerprint density at radius 2 is 1.97 bits per heavy atom. The highest BCUT2D eigenvalue weighted by Gasteiger charge is 2.21. The van der Waals surface area contributed by atoms with Crippen LogP contribution in [0.25, 0.3) is 6.08 Å². The van der Waals surface area contributed by atoms with Crippen LogP contribution in [0.4, 0.5) is 5.69 Å². The molecule has 1 saturated heterocycles. The first-order chi connectivity index (χ1) is 14.1. The lowest BCUT2D eigenvalue weighted by molar-refractivity contribution is -0.117. The molecule has 4 rings (SSSR count). The number of fused-ring (bicyclic) bond motifs is 1. The van der Waals surface area contributed by atoms with E-state index >= 15 is 0 Å². The number of rotatable bonds is 5. The summed E-state index contributed by atoms with van der Waals surface area (Å²) in [4.78, 5) is 25.7. The maximum Gasteiger partial charge on any atom is 0.244 e. The van der Waals surface area contributed by atoms with Crippen LogP contribution in [0.15, 0.2) is 42.5 Å². The summed E-state index contributed by atoms with van der Waals surface area (Å²) in [5.74, 6) is 1.07. The number of hydrogen-bond donors (Lipinski definition) is 1. The largest absolute Gasteiger partial charge is 0.486 e. The third-order valence-corrected chi connectivity index (χ3v) is 5.12. The fourth-order valence-electron chi connectivity index (χ4n) is 3.36. The summed E-state index contributed by atoms with van der Waals surface area (Å²) in [6.45, 7) is 2.12. The number of carbonyl (C=O) groups excluding carboxylic acids is 2. The molecule has 2 heterocycles. The van der Waals surface area contributed by atoms with Crippen LogP contribution in [-0.4, -0.2) is 31.6 Å². The van der Waals surface area contributed by atoms with E-state index in [1.807, 2.05) is 24.3 Å². The molecule has 0 unspecified atom stereocenters. The molecule has 0 atom stereocenters. The van der Waals surface area contributed by atoms with Crippen molar-refractivity contribution in [2.45, 2.75) is 19.4 Å². The summed E-state index contributed by atoms with van der Waals surface area (Å²) in [7, 11) is 0. The fraction of sp³-hybridized carbons (Fsp3) is 0.273. The Balaban J connectivity index is 1.33. The molecule has 0 aromatic heterocycles. The molecule has 150 valence electrons. The van der Waals surface area contributed by atoms with E-state index in [4.69, 9.17) is 21.1 Å². The smallest absolute Gasteiger partial charge is 0.244 e. The maximum absolute atomic E-state index is 12.1. The molecule has 2 amide bonds. The van der Waals surface area contributed by atoms with Gasteiger partial charge in [-0.05, 0) is 47.9 Å². The Morgan fingerprint density at radius 3 is 2.72 bits per heavy atom. The predicted molar refractivity (Wildman–Crippen MR) is 111 cm³/mol. The van der Waals surface area contributed by atoms with Crippen LogP contribution in [0.5, 0.6) is 11.5 Å². The van der Waals surface area contributed by atoms with E-state index in [-0.39, 0.29) is 11.8 Å². The summed E-state index contributed by atoms with van der Waals surface area (Å²) >= 11 is 6.21. The molecule has 2 aliphatic heterocycles. The molecule has 0 saturated carbocycles. The van der Waals surface area contributed by atoms with Gasteiger partial charge < -0.3 is 19.7 Å². The first-order valence-electron chi connectivity index (χ1n) is 9.54. The van der Waals surface area contributed by atoms with Crippen LogP contribution in [0.3, 0.4) is 0 Å². The number of anilines is 1. The quantitative estimate of drug-likeness (QED) is 0.762. The van der Waals surface area contributed by atoms with Gasteiger partial charge in [0.25, 0.3) is 0 Å². The van der Waals surface area contributed by atoms with Gasteiger partial charge in [0.1, 0.15) is 13.2 Å². The van der Waals surface area contributed by atoms with Gasteiger partial charge in [-0.15, -0.1) is 0 Å². The average Bonchev–Trinajstić information content (AvgIpc) is 3.17. The van der Waals surface area contributed by atoms with Crippen LogP contribution < -0.4 is 19.7 Å². The molecule has 0 spiro atoms. The van der Waals surface area contributed by atoms with Crippen molar-refractivity contribution in [2.75, 3.05) is 24.7 Å². The van der Waals surface area contributed by atoms with Gasteiger partial charge in [-0.1, -0.05) is 23.7 Å². The predicted octanol–water partition coefficient (Wildman–Crippen LogP) is 3.57. The number of halogens is 1.